The highest BCUT2D eigenvalue weighted by Crippen LogP contribution is 2.31. The standard InChI is InChI=1S/C20H24Cl2N4O2/c1-26(17-8-11-23-19(22)25-17)14-6-7-16(21)15(12-14)18(27)24-13-20(28-2)9-4-3-5-10-20/h6-8,11-12H,3-5,9-10,13H2,1-2H3,(H,24,27). The fourth-order valence-corrected chi connectivity index (χ4v) is 3.87. The van der Waals surface area contributed by atoms with Gasteiger partial charge < -0.3 is 15.0 Å². The summed E-state index contributed by atoms with van der Waals surface area (Å²) < 4.78 is 5.74. The summed E-state index contributed by atoms with van der Waals surface area (Å²) in [6.45, 7) is 0.472. The first kappa shape index (κ1) is 20.8. The van der Waals surface area contributed by atoms with Gasteiger partial charge in [-0.1, -0.05) is 30.9 Å². The van der Waals surface area contributed by atoms with Crippen LogP contribution in [0, 0.1) is 0 Å². The van der Waals surface area contributed by atoms with E-state index in [9.17, 15) is 4.79 Å². The van der Waals surface area contributed by atoms with Crippen molar-refractivity contribution in [3.05, 3.63) is 46.3 Å². The first-order chi connectivity index (χ1) is 13.4. The zero-order valence-corrected chi connectivity index (χ0v) is 17.6. The summed E-state index contributed by atoms with van der Waals surface area (Å²) in [7, 11) is 3.55. The van der Waals surface area contributed by atoms with Crippen molar-refractivity contribution in [3.63, 3.8) is 0 Å². The number of anilines is 2. The predicted molar refractivity (Wildman–Crippen MR) is 112 cm³/mol. The van der Waals surface area contributed by atoms with E-state index in [-0.39, 0.29) is 16.8 Å². The summed E-state index contributed by atoms with van der Waals surface area (Å²) in [5, 5.41) is 3.56. The van der Waals surface area contributed by atoms with E-state index in [4.69, 9.17) is 27.9 Å². The molecule has 6 nitrogen and oxygen atoms in total. The van der Waals surface area contributed by atoms with Gasteiger partial charge >= 0.3 is 0 Å². The summed E-state index contributed by atoms with van der Waals surface area (Å²) in [5.74, 6) is 0.400. The normalized spacial score (nSPS) is 15.9. The summed E-state index contributed by atoms with van der Waals surface area (Å²) in [5.41, 5.74) is 0.892. The van der Waals surface area contributed by atoms with Gasteiger partial charge in [0.1, 0.15) is 5.82 Å². The Kier molecular flexibility index (Phi) is 6.75. The van der Waals surface area contributed by atoms with Crippen LogP contribution in [0.4, 0.5) is 11.5 Å². The molecule has 0 aliphatic heterocycles. The first-order valence-electron chi connectivity index (χ1n) is 9.29. The van der Waals surface area contributed by atoms with Gasteiger partial charge in [-0.3, -0.25) is 4.79 Å². The molecule has 28 heavy (non-hydrogen) atoms. The molecule has 0 spiro atoms. The lowest BCUT2D eigenvalue weighted by Gasteiger charge is -2.36. The van der Waals surface area contributed by atoms with Gasteiger partial charge in [0.15, 0.2) is 0 Å². The quantitative estimate of drug-likeness (QED) is 0.687. The highest BCUT2D eigenvalue weighted by atomic mass is 35.5. The Morgan fingerprint density at radius 1 is 1.25 bits per heavy atom. The van der Waals surface area contributed by atoms with Gasteiger partial charge in [0, 0.05) is 32.6 Å². The van der Waals surface area contributed by atoms with E-state index in [1.54, 1.807) is 31.5 Å². The Bertz CT molecular complexity index is 841. The SMILES string of the molecule is COC1(CNC(=O)c2cc(N(C)c3ccnc(Cl)n3)ccc2Cl)CCCCC1. The summed E-state index contributed by atoms with van der Waals surface area (Å²) in [4.78, 5) is 22.7. The minimum atomic E-state index is -0.285. The van der Waals surface area contributed by atoms with Crippen molar-refractivity contribution in [1.82, 2.24) is 15.3 Å². The van der Waals surface area contributed by atoms with Crippen molar-refractivity contribution in [1.29, 1.82) is 0 Å². The van der Waals surface area contributed by atoms with Crippen molar-refractivity contribution in [3.8, 4) is 0 Å². The monoisotopic (exact) mass is 422 g/mol. The lowest BCUT2D eigenvalue weighted by Crippen LogP contribution is -2.45. The van der Waals surface area contributed by atoms with Gasteiger partial charge in [-0.2, -0.15) is 0 Å². The number of benzene rings is 1. The minimum absolute atomic E-state index is 0.161. The van der Waals surface area contributed by atoms with Gasteiger partial charge in [0.25, 0.3) is 5.91 Å². The Hall–Kier alpha value is -1.89. The average Bonchev–Trinajstić information content (AvgIpc) is 2.72. The maximum absolute atomic E-state index is 12.8. The molecule has 2 aromatic rings. The summed E-state index contributed by atoms with van der Waals surface area (Å²) in [6.07, 6.45) is 6.94. The highest BCUT2D eigenvalue weighted by molar-refractivity contribution is 6.34. The number of nitrogens with zero attached hydrogens (tertiary/aromatic N) is 3. The molecule has 1 aliphatic rings. The third kappa shape index (κ3) is 4.74. The number of ether oxygens (including phenoxy) is 1. The second-order valence-electron chi connectivity index (χ2n) is 7.04. The van der Waals surface area contributed by atoms with Crippen molar-refractivity contribution >= 4 is 40.6 Å². The van der Waals surface area contributed by atoms with Crippen LogP contribution >= 0.6 is 23.2 Å². The number of methoxy groups -OCH3 is 1. The van der Waals surface area contributed by atoms with Gasteiger partial charge in [-0.15, -0.1) is 0 Å². The molecule has 0 atom stereocenters. The third-order valence-corrected chi connectivity index (χ3v) is 5.82. The van der Waals surface area contributed by atoms with Gasteiger partial charge in [0.05, 0.1) is 16.2 Å². The minimum Gasteiger partial charge on any atom is -0.376 e. The molecule has 3 rings (SSSR count). The van der Waals surface area contributed by atoms with E-state index < -0.39 is 0 Å². The fraction of sp³-hybridized carbons (Fsp3) is 0.450. The Labute approximate surface area is 175 Å². The second-order valence-corrected chi connectivity index (χ2v) is 7.78. The van der Waals surface area contributed by atoms with Crippen molar-refractivity contribution < 1.29 is 9.53 Å². The number of amides is 1. The number of carbonyl (C=O) groups excluding carboxylic acids is 1. The molecular formula is C20H24Cl2N4O2. The number of nitrogens with one attached hydrogen (secondary N) is 1. The average molecular weight is 423 g/mol. The van der Waals surface area contributed by atoms with Crippen molar-refractivity contribution in [2.45, 2.75) is 37.7 Å². The van der Waals surface area contributed by atoms with Crippen LogP contribution in [0.3, 0.4) is 0 Å². The van der Waals surface area contributed by atoms with Crippen LogP contribution < -0.4 is 10.2 Å². The molecule has 0 unspecified atom stereocenters. The topological polar surface area (TPSA) is 67.3 Å². The molecule has 1 heterocycles. The first-order valence-corrected chi connectivity index (χ1v) is 10.0. The number of hydrogen-bond acceptors (Lipinski definition) is 5. The van der Waals surface area contributed by atoms with E-state index in [2.05, 4.69) is 15.3 Å². The number of hydrogen-bond donors (Lipinski definition) is 1. The van der Waals surface area contributed by atoms with Crippen molar-refractivity contribution in [2.75, 3.05) is 25.6 Å². The number of carbonyl (C=O) groups is 1. The maximum atomic E-state index is 12.8. The Morgan fingerprint density at radius 3 is 2.68 bits per heavy atom. The molecule has 150 valence electrons. The van der Waals surface area contributed by atoms with E-state index >= 15 is 0 Å². The molecule has 0 saturated heterocycles. The molecule has 1 aromatic carbocycles. The lowest BCUT2D eigenvalue weighted by molar-refractivity contribution is -0.0363. The zero-order chi connectivity index (χ0) is 20.1. The van der Waals surface area contributed by atoms with Crippen LogP contribution in [0.5, 0.6) is 0 Å². The zero-order valence-electron chi connectivity index (χ0n) is 16.0. The Morgan fingerprint density at radius 2 is 2.00 bits per heavy atom. The van der Waals surface area contributed by atoms with Gasteiger partial charge in [-0.05, 0) is 48.7 Å². The molecule has 1 N–H and O–H groups in total. The van der Waals surface area contributed by atoms with Gasteiger partial charge in [0.2, 0.25) is 5.28 Å². The van der Waals surface area contributed by atoms with Gasteiger partial charge in [-0.25, -0.2) is 9.97 Å². The molecular weight excluding hydrogens is 399 g/mol. The maximum Gasteiger partial charge on any atom is 0.252 e. The number of halogens is 2. The van der Waals surface area contributed by atoms with Crippen molar-refractivity contribution in [2.24, 2.45) is 0 Å². The summed E-state index contributed by atoms with van der Waals surface area (Å²) >= 11 is 12.2. The number of aromatic nitrogens is 2. The molecule has 8 heteroatoms. The fourth-order valence-electron chi connectivity index (χ4n) is 3.53. The number of rotatable bonds is 6. The molecule has 1 fully saturated rings. The smallest absolute Gasteiger partial charge is 0.252 e. The highest BCUT2D eigenvalue weighted by Gasteiger charge is 2.32. The van der Waals surface area contributed by atoms with E-state index in [0.717, 1.165) is 31.4 Å². The Balaban J connectivity index is 1.76. The van der Waals surface area contributed by atoms with Crippen LogP contribution in [-0.2, 0) is 4.74 Å². The van der Waals surface area contributed by atoms with Crippen LogP contribution in [0.15, 0.2) is 30.5 Å². The van der Waals surface area contributed by atoms with E-state index in [1.807, 2.05) is 18.0 Å². The summed E-state index contributed by atoms with van der Waals surface area (Å²) in [6, 6.07) is 7.02. The second kappa shape index (κ2) is 9.07. The van der Waals surface area contributed by atoms with E-state index in [1.165, 1.54) is 6.42 Å². The largest absolute Gasteiger partial charge is 0.376 e. The predicted octanol–water partition coefficient (Wildman–Crippen LogP) is 4.63. The molecule has 1 aromatic heterocycles. The lowest BCUT2D eigenvalue weighted by atomic mass is 9.84. The van der Waals surface area contributed by atoms with Crippen LogP contribution in [0.1, 0.15) is 42.5 Å². The van der Waals surface area contributed by atoms with Crippen LogP contribution in [-0.4, -0.2) is 42.2 Å². The molecule has 1 amide bonds. The van der Waals surface area contributed by atoms with Crippen LogP contribution in [0.2, 0.25) is 10.3 Å². The molecule has 1 aliphatic carbocycles. The molecule has 1 saturated carbocycles. The molecule has 0 bridgehead atoms. The third-order valence-electron chi connectivity index (χ3n) is 5.31. The van der Waals surface area contributed by atoms with E-state index in [0.29, 0.717) is 22.9 Å². The molecule has 0 radical (unpaired) electrons. The van der Waals surface area contributed by atoms with Crippen LogP contribution in [0.25, 0.3) is 0 Å².